The molecule has 6 heteroatoms. The van der Waals surface area contributed by atoms with Gasteiger partial charge in [-0.05, 0) is 36.5 Å². The lowest BCUT2D eigenvalue weighted by Gasteiger charge is -2.38. The van der Waals surface area contributed by atoms with Crippen LogP contribution in [0.3, 0.4) is 0 Å². The molecule has 0 amide bonds. The molecule has 31 heavy (non-hydrogen) atoms. The van der Waals surface area contributed by atoms with Crippen molar-refractivity contribution < 1.29 is 9.57 Å². The summed E-state index contributed by atoms with van der Waals surface area (Å²) in [6.07, 6.45) is 3.29. The highest BCUT2D eigenvalue weighted by molar-refractivity contribution is 6.02. The number of nitrogens with zero attached hydrogens (tertiary/aromatic N) is 3. The summed E-state index contributed by atoms with van der Waals surface area (Å²) in [6, 6.07) is 20.9. The van der Waals surface area contributed by atoms with Crippen LogP contribution in [0.5, 0.6) is 5.88 Å². The van der Waals surface area contributed by atoms with Crippen LogP contribution in [-0.2, 0) is 10.4 Å². The molecule has 0 bridgehead atoms. The van der Waals surface area contributed by atoms with Crippen molar-refractivity contribution in [3.8, 4) is 28.3 Å². The highest BCUT2D eigenvalue weighted by Crippen LogP contribution is 2.42. The second-order valence-corrected chi connectivity index (χ2v) is 8.20. The van der Waals surface area contributed by atoms with Gasteiger partial charge >= 0.3 is 0 Å². The minimum absolute atomic E-state index is 0.174. The third-order valence-electron chi connectivity index (χ3n) is 6.32. The molecule has 6 nitrogen and oxygen atoms in total. The summed E-state index contributed by atoms with van der Waals surface area (Å²) >= 11 is 0. The van der Waals surface area contributed by atoms with Crippen molar-refractivity contribution >= 4 is 11.5 Å². The topological polar surface area (TPSA) is 73.0 Å². The molecular weight excluding hydrogens is 388 g/mol. The van der Waals surface area contributed by atoms with Gasteiger partial charge in [-0.2, -0.15) is 0 Å². The van der Waals surface area contributed by atoms with E-state index < -0.39 is 0 Å². The molecule has 1 fully saturated rings. The minimum Gasteiger partial charge on any atom is -0.468 e. The van der Waals surface area contributed by atoms with E-state index in [2.05, 4.69) is 47.6 Å². The molecule has 1 saturated carbocycles. The number of nitrogens with two attached hydrogens (primary N) is 1. The number of ether oxygens (including phenoxy) is 1. The van der Waals surface area contributed by atoms with Crippen molar-refractivity contribution in [2.24, 2.45) is 10.9 Å². The SMILES string of the molecule is CO/N=C1\COc2nc(-c3ccc(C4(N)CCC4)cc3)c(-c3ccccc3)cc2N1C. The number of hydrogen-bond donors (Lipinski definition) is 1. The molecular formula is C25H26N4O2. The molecule has 2 aromatic carbocycles. The second kappa shape index (κ2) is 7.71. The van der Waals surface area contributed by atoms with Crippen LogP contribution in [-0.4, -0.2) is 31.6 Å². The van der Waals surface area contributed by atoms with Crippen LogP contribution in [0, 0.1) is 0 Å². The molecule has 158 valence electrons. The van der Waals surface area contributed by atoms with Crippen LogP contribution < -0.4 is 15.4 Å². The molecule has 2 aliphatic rings. The van der Waals surface area contributed by atoms with Crippen molar-refractivity contribution in [3.63, 3.8) is 0 Å². The van der Waals surface area contributed by atoms with E-state index in [0.29, 0.717) is 18.3 Å². The molecule has 0 spiro atoms. The van der Waals surface area contributed by atoms with Crippen molar-refractivity contribution in [1.82, 2.24) is 4.98 Å². The summed E-state index contributed by atoms with van der Waals surface area (Å²) in [7, 11) is 3.48. The van der Waals surface area contributed by atoms with E-state index in [0.717, 1.165) is 40.9 Å². The Hall–Kier alpha value is -3.38. The number of benzene rings is 2. The molecule has 0 radical (unpaired) electrons. The zero-order valence-electron chi connectivity index (χ0n) is 17.8. The molecule has 3 aromatic rings. The van der Waals surface area contributed by atoms with E-state index in [1.807, 2.05) is 30.1 Å². The summed E-state index contributed by atoms with van der Waals surface area (Å²) < 4.78 is 5.93. The molecule has 0 unspecified atom stereocenters. The van der Waals surface area contributed by atoms with E-state index in [4.69, 9.17) is 20.3 Å². The Morgan fingerprint density at radius 3 is 2.45 bits per heavy atom. The molecule has 2 N–H and O–H groups in total. The van der Waals surface area contributed by atoms with Gasteiger partial charge in [0.15, 0.2) is 12.4 Å². The highest BCUT2D eigenvalue weighted by atomic mass is 16.6. The van der Waals surface area contributed by atoms with Crippen LogP contribution >= 0.6 is 0 Å². The lowest BCUT2D eigenvalue weighted by molar-refractivity contribution is 0.208. The van der Waals surface area contributed by atoms with E-state index >= 15 is 0 Å². The maximum absolute atomic E-state index is 6.52. The van der Waals surface area contributed by atoms with Crippen molar-refractivity contribution in [2.75, 3.05) is 25.7 Å². The lowest BCUT2D eigenvalue weighted by Crippen LogP contribution is -2.43. The number of anilines is 1. The van der Waals surface area contributed by atoms with Gasteiger partial charge in [-0.3, -0.25) is 0 Å². The van der Waals surface area contributed by atoms with Crippen molar-refractivity contribution in [3.05, 3.63) is 66.2 Å². The molecule has 0 atom stereocenters. The summed E-state index contributed by atoms with van der Waals surface area (Å²) in [6.45, 7) is 0.309. The first-order chi connectivity index (χ1) is 15.1. The number of rotatable bonds is 4. The molecule has 1 aromatic heterocycles. The maximum Gasteiger partial charge on any atom is 0.239 e. The molecule has 1 aliphatic heterocycles. The summed E-state index contributed by atoms with van der Waals surface area (Å²) in [4.78, 5) is 11.9. The summed E-state index contributed by atoms with van der Waals surface area (Å²) in [5.74, 6) is 1.28. The van der Waals surface area contributed by atoms with Crippen LogP contribution in [0.15, 0.2) is 65.8 Å². The Bertz CT molecular complexity index is 1120. The normalized spacial score (nSPS) is 18.2. The van der Waals surface area contributed by atoms with Gasteiger partial charge in [-0.15, -0.1) is 0 Å². The third kappa shape index (κ3) is 3.43. The van der Waals surface area contributed by atoms with Gasteiger partial charge in [-0.25, -0.2) is 4.98 Å². The Morgan fingerprint density at radius 1 is 1.06 bits per heavy atom. The zero-order valence-corrected chi connectivity index (χ0v) is 17.8. The predicted molar refractivity (Wildman–Crippen MR) is 123 cm³/mol. The third-order valence-corrected chi connectivity index (χ3v) is 6.32. The van der Waals surface area contributed by atoms with Gasteiger partial charge in [0, 0.05) is 23.7 Å². The fourth-order valence-electron chi connectivity index (χ4n) is 4.26. The molecule has 0 saturated heterocycles. The Kier molecular flexibility index (Phi) is 4.87. The smallest absolute Gasteiger partial charge is 0.239 e. The van der Waals surface area contributed by atoms with E-state index in [1.165, 1.54) is 19.1 Å². The Labute approximate surface area is 182 Å². The standard InChI is InChI=1S/C25H26N4O2/c1-29-21-15-20(17-7-4-3-5-8-17)23(27-24(21)31-16-22(29)28-30-2)18-9-11-19(12-10-18)25(26)13-6-14-25/h3-5,7-12,15H,6,13-14,16,26H2,1-2H3/b28-22+. The van der Waals surface area contributed by atoms with Gasteiger partial charge in [-0.1, -0.05) is 59.8 Å². The highest BCUT2D eigenvalue weighted by Gasteiger charge is 2.34. The van der Waals surface area contributed by atoms with Crippen molar-refractivity contribution in [1.29, 1.82) is 0 Å². The molecule has 2 heterocycles. The first-order valence-corrected chi connectivity index (χ1v) is 10.6. The molecule has 5 rings (SSSR count). The van der Waals surface area contributed by atoms with Gasteiger partial charge in [0.25, 0.3) is 0 Å². The van der Waals surface area contributed by atoms with Gasteiger partial charge in [0.05, 0.1) is 5.69 Å². The quantitative estimate of drug-likeness (QED) is 0.635. The number of aromatic nitrogens is 1. The van der Waals surface area contributed by atoms with Crippen LogP contribution in [0.25, 0.3) is 22.4 Å². The number of amidine groups is 1. The van der Waals surface area contributed by atoms with Crippen LogP contribution in [0.1, 0.15) is 24.8 Å². The monoisotopic (exact) mass is 414 g/mol. The first-order valence-electron chi connectivity index (χ1n) is 10.6. The van der Waals surface area contributed by atoms with Crippen LogP contribution in [0.4, 0.5) is 5.69 Å². The van der Waals surface area contributed by atoms with Crippen molar-refractivity contribution in [2.45, 2.75) is 24.8 Å². The van der Waals surface area contributed by atoms with Crippen LogP contribution in [0.2, 0.25) is 0 Å². The zero-order chi connectivity index (χ0) is 21.4. The first kappa shape index (κ1) is 19.6. The number of oxime groups is 1. The molecule has 1 aliphatic carbocycles. The van der Waals surface area contributed by atoms with E-state index in [9.17, 15) is 0 Å². The maximum atomic E-state index is 6.52. The number of pyridine rings is 1. The van der Waals surface area contributed by atoms with Gasteiger partial charge in [0.2, 0.25) is 5.88 Å². The summed E-state index contributed by atoms with van der Waals surface area (Å²) in [5, 5.41) is 4.07. The van der Waals surface area contributed by atoms with Gasteiger partial charge < -0.3 is 20.2 Å². The number of fused-ring (bicyclic) bond motifs is 1. The van der Waals surface area contributed by atoms with Gasteiger partial charge in [0.1, 0.15) is 12.8 Å². The second-order valence-electron chi connectivity index (χ2n) is 8.20. The largest absolute Gasteiger partial charge is 0.468 e. The minimum atomic E-state index is -0.174. The summed E-state index contributed by atoms with van der Waals surface area (Å²) in [5.41, 5.74) is 12.4. The Morgan fingerprint density at radius 2 is 1.81 bits per heavy atom. The number of likely N-dealkylation sites (N-methyl/N-ethyl adjacent to an activating group) is 1. The average molecular weight is 415 g/mol. The van der Waals surface area contributed by atoms with E-state index in [1.54, 1.807) is 0 Å². The fourth-order valence-corrected chi connectivity index (χ4v) is 4.26. The fraction of sp³-hybridized carbons (Fsp3) is 0.280. The van der Waals surface area contributed by atoms with E-state index in [-0.39, 0.29) is 5.54 Å². The predicted octanol–water partition coefficient (Wildman–Crippen LogP) is 4.54. The Balaban J connectivity index is 1.62. The average Bonchev–Trinajstić information content (AvgIpc) is 2.79. The number of hydrogen-bond acceptors (Lipinski definition) is 5. The lowest BCUT2D eigenvalue weighted by atomic mass is 9.72.